The topological polar surface area (TPSA) is 61.4 Å². The van der Waals surface area contributed by atoms with Crippen LogP contribution in [0.15, 0.2) is 16.8 Å². The molecule has 0 bridgehead atoms. The molecule has 2 amide bonds. The van der Waals surface area contributed by atoms with E-state index in [4.69, 9.17) is 0 Å². The molecule has 1 aliphatic rings. The Morgan fingerprint density at radius 1 is 1.23 bits per heavy atom. The van der Waals surface area contributed by atoms with E-state index in [1.54, 1.807) is 11.3 Å². The average molecular weight is 380 g/mol. The Labute approximate surface area is 161 Å². The van der Waals surface area contributed by atoms with Gasteiger partial charge < -0.3 is 15.5 Å². The highest BCUT2D eigenvalue weighted by atomic mass is 32.1. The minimum absolute atomic E-state index is 0.0422. The molecule has 26 heavy (non-hydrogen) atoms. The molecule has 146 valence electrons. The summed E-state index contributed by atoms with van der Waals surface area (Å²) in [5.74, 6) is 0.0754. The summed E-state index contributed by atoms with van der Waals surface area (Å²) in [6.07, 6.45) is 5.33. The first-order valence-electron chi connectivity index (χ1n) is 9.66. The molecule has 5 nitrogen and oxygen atoms in total. The zero-order chi connectivity index (χ0) is 19.1. The fourth-order valence-electron chi connectivity index (χ4n) is 3.54. The lowest BCUT2D eigenvalue weighted by molar-refractivity contribution is -0.132. The minimum atomic E-state index is -0.477. The van der Waals surface area contributed by atoms with Crippen LogP contribution < -0.4 is 10.6 Å². The second-order valence-corrected chi connectivity index (χ2v) is 8.63. The summed E-state index contributed by atoms with van der Waals surface area (Å²) in [7, 11) is 4.03. The second kappa shape index (κ2) is 10.1. The molecule has 2 atom stereocenters. The quantitative estimate of drug-likeness (QED) is 0.729. The van der Waals surface area contributed by atoms with Crippen molar-refractivity contribution in [3.05, 3.63) is 22.4 Å². The molecule has 2 rings (SSSR count). The lowest BCUT2D eigenvalue weighted by atomic mass is 9.88. The van der Waals surface area contributed by atoms with Gasteiger partial charge in [-0.1, -0.05) is 33.1 Å². The lowest BCUT2D eigenvalue weighted by Crippen LogP contribution is -2.52. The van der Waals surface area contributed by atoms with Crippen molar-refractivity contribution < 1.29 is 9.59 Å². The van der Waals surface area contributed by atoms with Gasteiger partial charge in [-0.2, -0.15) is 11.3 Å². The van der Waals surface area contributed by atoms with Crippen LogP contribution in [0.4, 0.5) is 0 Å². The van der Waals surface area contributed by atoms with Crippen LogP contribution in [0.25, 0.3) is 0 Å². The van der Waals surface area contributed by atoms with Crippen molar-refractivity contribution in [1.29, 1.82) is 0 Å². The van der Waals surface area contributed by atoms with Crippen LogP contribution in [0.2, 0.25) is 0 Å². The third kappa shape index (κ3) is 5.81. The van der Waals surface area contributed by atoms with Gasteiger partial charge in [0.25, 0.3) is 0 Å². The summed E-state index contributed by atoms with van der Waals surface area (Å²) in [6, 6.07) is 1.74. The van der Waals surface area contributed by atoms with E-state index in [2.05, 4.69) is 32.4 Å². The van der Waals surface area contributed by atoms with Crippen molar-refractivity contribution in [2.75, 3.05) is 20.6 Å². The first kappa shape index (κ1) is 20.9. The van der Waals surface area contributed by atoms with E-state index in [-0.39, 0.29) is 29.7 Å². The standard InChI is InChI=1S/C20H33N3O2S/c1-14(2)18(22-19(24)15-8-6-5-7-9-15)20(25)21-12-17(23(3)4)16-10-11-26-13-16/h10-11,13-15,17-18H,5-9,12H2,1-4H3,(H,21,25)(H,22,24)/t17-,18-/m0/s1. The third-order valence-electron chi connectivity index (χ3n) is 5.24. The summed E-state index contributed by atoms with van der Waals surface area (Å²) in [6.45, 7) is 4.49. The molecule has 1 aromatic heterocycles. The molecule has 1 heterocycles. The predicted octanol–water partition coefficient (Wildman–Crippen LogP) is 3.19. The summed E-state index contributed by atoms with van der Waals surface area (Å²) in [5, 5.41) is 10.2. The highest BCUT2D eigenvalue weighted by molar-refractivity contribution is 7.07. The van der Waals surface area contributed by atoms with Crippen molar-refractivity contribution in [3.63, 3.8) is 0 Å². The molecule has 1 fully saturated rings. The van der Waals surface area contributed by atoms with Crippen LogP contribution in [0.1, 0.15) is 57.6 Å². The normalized spacial score (nSPS) is 17.9. The molecule has 1 aromatic rings. The average Bonchev–Trinajstić information content (AvgIpc) is 3.13. The van der Waals surface area contributed by atoms with Gasteiger partial charge in [0.15, 0.2) is 0 Å². The van der Waals surface area contributed by atoms with Crippen molar-refractivity contribution in [1.82, 2.24) is 15.5 Å². The highest BCUT2D eigenvalue weighted by Crippen LogP contribution is 2.24. The zero-order valence-electron chi connectivity index (χ0n) is 16.5. The van der Waals surface area contributed by atoms with Crippen LogP contribution in [0.5, 0.6) is 0 Å². The Morgan fingerprint density at radius 2 is 1.92 bits per heavy atom. The number of likely N-dealkylation sites (N-methyl/N-ethyl adjacent to an activating group) is 1. The van der Waals surface area contributed by atoms with E-state index in [0.717, 1.165) is 25.7 Å². The molecule has 0 saturated heterocycles. The number of carbonyl (C=O) groups excluding carboxylic acids is 2. The van der Waals surface area contributed by atoms with Gasteiger partial charge in [0.05, 0.1) is 6.04 Å². The number of nitrogens with one attached hydrogen (secondary N) is 2. The van der Waals surface area contributed by atoms with Crippen molar-refractivity contribution >= 4 is 23.2 Å². The molecule has 0 aliphatic heterocycles. The van der Waals surface area contributed by atoms with E-state index in [1.807, 2.05) is 27.9 Å². The number of hydrogen-bond donors (Lipinski definition) is 2. The van der Waals surface area contributed by atoms with Crippen molar-refractivity contribution in [2.24, 2.45) is 11.8 Å². The van der Waals surface area contributed by atoms with Crippen LogP contribution >= 0.6 is 11.3 Å². The Morgan fingerprint density at radius 3 is 2.46 bits per heavy atom. The molecule has 2 N–H and O–H groups in total. The molecule has 0 unspecified atom stereocenters. The molecule has 0 radical (unpaired) electrons. The molecule has 6 heteroatoms. The SMILES string of the molecule is CC(C)[C@H](NC(=O)C1CCCCC1)C(=O)NC[C@@H](c1ccsc1)N(C)C. The summed E-state index contributed by atoms with van der Waals surface area (Å²) in [4.78, 5) is 27.4. The van der Waals surface area contributed by atoms with E-state index >= 15 is 0 Å². The first-order valence-corrected chi connectivity index (χ1v) is 10.6. The number of carbonyl (C=O) groups is 2. The van der Waals surface area contributed by atoms with Gasteiger partial charge in [0.2, 0.25) is 11.8 Å². The van der Waals surface area contributed by atoms with E-state index in [9.17, 15) is 9.59 Å². The van der Waals surface area contributed by atoms with E-state index in [0.29, 0.717) is 6.54 Å². The van der Waals surface area contributed by atoms with Crippen LogP contribution in [0, 0.1) is 11.8 Å². The van der Waals surface area contributed by atoms with E-state index in [1.165, 1.54) is 12.0 Å². The van der Waals surface area contributed by atoms with Crippen LogP contribution in [0.3, 0.4) is 0 Å². The fraction of sp³-hybridized carbons (Fsp3) is 0.700. The monoisotopic (exact) mass is 379 g/mol. The lowest BCUT2D eigenvalue weighted by Gasteiger charge is -2.28. The van der Waals surface area contributed by atoms with E-state index < -0.39 is 6.04 Å². The van der Waals surface area contributed by atoms with Gasteiger partial charge in [-0.3, -0.25) is 9.59 Å². The fourth-order valence-corrected chi connectivity index (χ4v) is 4.25. The van der Waals surface area contributed by atoms with Crippen LogP contribution in [-0.4, -0.2) is 43.4 Å². The maximum atomic E-state index is 12.8. The Kier molecular flexibility index (Phi) is 8.10. The van der Waals surface area contributed by atoms with Crippen molar-refractivity contribution in [3.8, 4) is 0 Å². The molecule has 0 spiro atoms. The van der Waals surface area contributed by atoms with Gasteiger partial charge >= 0.3 is 0 Å². The molecular formula is C20H33N3O2S. The Balaban J connectivity index is 1.93. The largest absolute Gasteiger partial charge is 0.352 e. The molecular weight excluding hydrogens is 346 g/mol. The number of nitrogens with zero attached hydrogens (tertiary/aromatic N) is 1. The summed E-state index contributed by atoms with van der Waals surface area (Å²) in [5.41, 5.74) is 1.20. The highest BCUT2D eigenvalue weighted by Gasteiger charge is 2.29. The van der Waals surface area contributed by atoms with Gasteiger partial charge in [-0.15, -0.1) is 0 Å². The smallest absolute Gasteiger partial charge is 0.242 e. The number of hydrogen-bond acceptors (Lipinski definition) is 4. The maximum absolute atomic E-state index is 12.8. The zero-order valence-corrected chi connectivity index (χ0v) is 17.3. The molecule has 0 aromatic carbocycles. The molecule has 1 aliphatic carbocycles. The number of amides is 2. The second-order valence-electron chi connectivity index (χ2n) is 7.85. The number of rotatable bonds is 8. The van der Waals surface area contributed by atoms with Gasteiger partial charge in [-0.05, 0) is 55.2 Å². The summed E-state index contributed by atoms with van der Waals surface area (Å²) >= 11 is 1.66. The van der Waals surface area contributed by atoms with Crippen molar-refractivity contribution in [2.45, 2.75) is 58.0 Å². The first-order chi connectivity index (χ1) is 12.4. The predicted molar refractivity (Wildman–Crippen MR) is 107 cm³/mol. The maximum Gasteiger partial charge on any atom is 0.242 e. The van der Waals surface area contributed by atoms with Crippen LogP contribution in [-0.2, 0) is 9.59 Å². The Bertz CT molecular complexity index is 566. The van der Waals surface area contributed by atoms with Gasteiger partial charge in [0.1, 0.15) is 6.04 Å². The number of thiophene rings is 1. The Hall–Kier alpha value is -1.40. The minimum Gasteiger partial charge on any atom is -0.352 e. The van der Waals surface area contributed by atoms with Gasteiger partial charge in [-0.25, -0.2) is 0 Å². The third-order valence-corrected chi connectivity index (χ3v) is 5.95. The summed E-state index contributed by atoms with van der Waals surface area (Å²) < 4.78 is 0. The van der Waals surface area contributed by atoms with Gasteiger partial charge in [0, 0.05) is 12.5 Å². The molecule has 1 saturated carbocycles.